The van der Waals surface area contributed by atoms with E-state index in [2.05, 4.69) is 10.6 Å². The summed E-state index contributed by atoms with van der Waals surface area (Å²) >= 11 is 11.7. The number of nitrogens with one attached hydrogen (secondary N) is 2. The molecule has 0 bridgehead atoms. The summed E-state index contributed by atoms with van der Waals surface area (Å²) in [5.41, 5.74) is 0.771. The van der Waals surface area contributed by atoms with Crippen LogP contribution in [0.5, 0.6) is 0 Å². The van der Waals surface area contributed by atoms with E-state index < -0.39 is 11.6 Å². The van der Waals surface area contributed by atoms with Crippen molar-refractivity contribution in [2.75, 3.05) is 5.32 Å². The van der Waals surface area contributed by atoms with Crippen molar-refractivity contribution in [2.45, 2.75) is 31.2 Å². The SMILES string of the molecule is Fc1ccc(NC(=S)NC2(c3ccccc3Cl)CCCC2)c(F)c1. The van der Waals surface area contributed by atoms with Crippen molar-refractivity contribution in [3.63, 3.8) is 0 Å². The second kappa shape index (κ2) is 7.03. The summed E-state index contributed by atoms with van der Waals surface area (Å²) in [5, 5.41) is 7.11. The molecule has 2 aromatic rings. The summed E-state index contributed by atoms with van der Waals surface area (Å²) in [4.78, 5) is 0. The summed E-state index contributed by atoms with van der Waals surface area (Å²) in [6, 6.07) is 11.0. The minimum Gasteiger partial charge on any atom is -0.353 e. The van der Waals surface area contributed by atoms with Crippen molar-refractivity contribution in [2.24, 2.45) is 0 Å². The second-order valence-electron chi connectivity index (χ2n) is 5.97. The van der Waals surface area contributed by atoms with Gasteiger partial charge in [-0.25, -0.2) is 8.78 Å². The Labute approximate surface area is 150 Å². The smallest absolute Gasteiger partial charge is 0.171 e. The van der Waals surface area contributed by atoms with Gasteiger partial charge in [-0.1, -0.05) is 42.6 Å². The maximum Gasteiger partial charge on any atom is 0.171 e. The van der Waals surface area contributed by atoms with Crippen molar-refractivity contribution < 1.29 is 8.78 Å². The minimum atomic E-state index is -0.683. The Kier molecular flexibility index (Phi) is 5.01. The Bertz CT molecular complexity index is 760. The van der Waals surface area contributed by atoms with E-state index in [1.165, 1.54) is 12.1 Å². The maximum absolute atomic E-state index is 13.8. The van der Waals surface area contributed by atoms with Gasteiger partial charge in [0, 0.05) is 11.1 Å². The van der Waals surface area contributed by atoms with E-state index in [1.54, 1.807) is 0 Å². The van der Waals surface area contributed by atoms with E-state index >= 15 is 0 Å². The van der Waals surface area contributed by atoms with Gasteiger partial charge in [0.15, 0.2) is 5.11 Å². The zero-order valence-electron chi connectivity index (χ0n) is 12.9. The summed E-state index contributed by atoms with van der Waals surface area (Å²) < 4.78 is 26.8. The van der Waals surface area contributed by atoms with Gasteiger partial charge in [-0.2, -0.15) is 0 Å². The molecule has 0 saturated heterocycles. The molecule has 0 heterocycles. The number of thiocarbonyl (C=S) groups is 1. The van der Waals surface area contributed by atoms with Crippen LogP contribution in [-0.4, -0.2) is 5.11 Å². The first-order valence-electron chi connectivity index (χ1n) is 7.79. The van der Waals surface area contributed by atoms with Crippen LogP contribution in [-0.2, 0) is 5.54 Å². The molecular formula is C18H17ClF2N2S. The van der Waals surface area contributed by atoms with Gasteiger partial charge in [0.1, 0.15) is 11.6 Å². The number of anilines is 1. The molecule has 3 rings (SSSR count). The van der Waals surface area contributed by atoms with Crippen LogP contribution in [0.25, 0.3) is 0 Å². The van der Waals surface area contributed by atoms with E-state index in [-0.39, 0.29) is 11.2 Å². The fourth-order valence-corrected chi connectivity index (χ4v) is 3.87. The lowest BCUT2D eigenvalue weighted by Crippen LogP contribution is -2.46. The predicted octanol–water partition coefficient (Wildman–Crippen LogP) is 5.37. The summed E-state index contributed by atoms with van der Waals surface area (Å²) in [5.74, 6) is -1.31. The molecule has 1 aliphatic carbocycles. The molecule has 1 aliphatic rings. The Balaban J connectivity index is 1.81. The normalized spacial score (nSPS) is 16.0. The van der Waals surface area contributed by atoms with Gasteiger partial charge < -0.3 is 10.6 Å². The number of benzene rings is 2. The van der Waals surface area contributed by atoms with Crippen LogP contribution in [0, 0.1) is 11.6 Å². The zero-order valence-corrected chi connectivity index (χ0v) is 14.5. The predicted molar refractivity (Wildman–Crippen MR) is 97.3 cm³/mol. The van der Waals surface area contributed by atoms with Crippen molar-refractivity contribution in [1.29, 1.82) is 0 Å². The largest absolute Gasteiger partial charge is 0.353 e. The Morgan fingerprint density at radius 1 is 1.08 bits per heavy atom. The first-order chi connectivity index (χ1) is 11.5. The molecule has 1 saturated carbocycles. The average molecular weight is 367 g/mol. The number of hydrogen-bond acceptors (Lipinski definition) is 1. The molecule has 2 aromatic carbocycles. The Morgan fingerprint density at radius 2 is 1.79 bits per heavy atom. The third kappa shape index (κ3) is 3.52. The van der Waals surface area contributed by atoms with Crippen molar-refractivity contribution in [3.8, 4) is 0 Å². The van der Waals surface area contributed by atoms with E-state index in [9.17, 15) is 8.78 Å². The van der Waals surface area contributed by atoms with Crippen molar-refractivity contribution in [3.05, 3.63) is 64.7 Å². The summed E-state index contributed by atoms with van der Waals surface area (Å²) in [6.07, 6.45) is 3.91. The molecule has 126 valence electrons. The fraction of sp³-hybridized carbons (Fsp3) is 0.278. The molecule has 2 nitrogen and oxygen atoms in total. The molecule has 0 radical (unpaired) electrons. The van der Waals surface area contributed by atoms with Crippen molar-refractivity contribution >= 4 is 34.6 Å². The first kappa shape index (κ1) is 17.1. The average Bonchev–Trinajstić information content (AvgIpc) is 3.00. The maximum atomic E-state index is 13.8. The standard InChI is InChI=1S/C18H17ClF2N2S/c19-14-6-2-1-5-13(14)18(9-3-4-10-18)23-17(24)22-16-8-7-12(20)11-15(16)21/h1-2,5-8,11H,3-4,9-10H2,(H2,22,23,24). The van der Waals surface area contributed by atoms with E-state index in [0.717, 1.165) is 37.3 Å². The molecular weight excluding hydrogens is 350 g/mol. The Morgan fingerprint density at radius 3 is 2.46 bits per heavy atom. The van der Waals surface area contributed by atoms with Crippen LogP contribution in [0.1, 0.15) is 31.2 Å². The van der Waals surface area contributed by atoms with Gasteiger partial charge >= 0.3 is 0 Å². The van der Waals surface area contributed by atoms with Crippen LogP contribution >= 0.6 is 23.8 Å². The molecule has 6 heteroatoms. The lowest BCUT2D eigenvalue weighted by Gasteiger charge is -2.33. The van der Waals surface area contributed by atoms with E-state index in [4.69, 9.17) is 23.8 Å². The highest BCUT2D eigenvalue weighted by molar-refractivity contribution is 7.80. The molecule has 0 atom stereocenters. The molecule has 1 fully saturated rings. The van der Waals surface area contributed by atoms with Crippen molar-refractivity contribution in [1.82, 2.24) is 5.32 Å². The molecule has 2 N–H and O–H groups in total. The number of rotatable bonds is 3. The van der Waals surface area contributed by atoms with Gasteiger partial charge in [-0.05, 0) is 48.8 Å². The van der Waals surface area contributed by atoms with Crippen LogP contribution < -0.4 is 10.6 Å². The number of hydrogen-bond donors (Lipinski definition) is 2. The number of halogens is 3. The highest BCUT2D eigenvalue weighted by Crippen LogP contribution is 2.41. The highest BCUT2D eigenvalue weighted by Gasteiger charge is 2.37. The van der Waals surface area contributed by atoms with Gasteiger partial charge in [0.25, 0.3) is 0 Å². The zero-order chi connectivity index (χ0) is 17.2. The third-order valence-corrected chi connectivity index (χ3v) is 4.91. The molecule has 24 heavy (non-hydrogen) atoms. The molecule has 0 unspecified atom stereocenters. The topological polar surface area (TPSA) is 24.1 Å². The minimum absolute atomic E-state index is 0.140. The molecule has 0 amide bonds. The van der Waals surface area contributed by atoms with Gasteiger partial charge in [0.2, 0.25) is 0 Å². The third-order valence-electron chi connectivity index (χ3n) is 4.38. The molecule has 0 aromatic heterocycles. The van der Waals surface area contributed by atoms with Crippen LogP contribution in [0.3, 0.4) is 0 Å². The summed E-state index contributed by atoms with van der Waals surface area (Å²) in [7, 11) is 0. The first-order valence-corrected chi connectivity index (χ1v) is 8.58. The van der Waals surface area contributed by atoms with Crippen LogP contribution in [0.15, 0.2) is 42.5 Å². The lowest BCUT2D eigenvalue weighted by molar-refractivity contribution is 0.408. The van der Waals surface area contributed by atoms with E-state index in [0.29, 0.717) is 10.1 Å². The molecule has 0 aliphatic heterocycles. The van der Waals surface area contributed by atoms with Gasteiger partial charge in [-0.3, -0.25) is 0 Å². The highest BCUT2D eigenvalue weighted by atomic mass is 35.5. The second-order valence-corrected chi connectivity index (χ2v) is 6.79. The van der Waals surface area contributed by atoms with E-state index in [1.807, 2.05) is 24.3 Å². The lowest BCUT2D eigenvalue weighted by atomic mass is 9.88. The summed E-state index contributed by atoms with van der Waals surface area (Å²) in [6.45, 7) is 0. The fourth-order valence-electron chi connectivity index (χ4n) is 3.25. The van der Waals surface area contributed by atoms with Crippen LogP contribution in [0.4, 0.5) is 14.5 Å². The Hall–Kier alpha value is -1.72. The monoisotopic (exact) mass is 366 g/mol. The quantitative estimate of drug-likeness (QED) is 0.714. The molecule has 0 spiro atoms. The van der Waals surface area contributed by atoms with Crippen LogP contribution in [0.2, 0.25) is 5.02 Å². The van der Waals surface area contributed by atoms with Gasteiger partial charge in [0.05, 0.1) is 11.2 Å². The van der Waals surface area contributed by atoms with Gasteiger partial charge in [-0.15, -0.1) is 0 Å².